The van der Waals surface area contributed by atoms with Crippen LogP contribution in [-0.4, -0.2) is 26.4 Å². The predicted molar refractivity (Wildman–Crippen MR) is 127 cm³/mol. The Hall–Kier alpha value is -3.09. The maximum Gasteiger partial charge on any atom is 0.159 e. The Morgan fingerprint density at radius 1 is 0.935 bits per heavy atom. The highest BCUT2D eigenvalue weighted by Crippen LogP contribution is 2.27. The molecule has 2 N–H and O–H groups in total. The number of anilines is 1. The minimum Gasteiger partial charge on any atom is -0.399 e. The third-order valence-electron chi connectivity index (χ3n) is 5.56. The molecule has 5 rings (SSSR count). The largest absolute Gasteiger partial charge is 0.399 e. The molecule has 0 radical (unpaired) electrons. The Morgan fingerprint density at radius 2 is 1.77 bits per heavy atom. The number of benzene rings is 2. The van der Waals surface area contributed by atoms with Crippen molar-refractivity contribution in [1.29, 1.82) is 0 Å². The lowest BCUT2D eigenvalue weighted by molar-refractivity contribution is 0.242. The van der Waals surface area contributed by atoms with Gasteiger partial charge in [0.1, 0.15) is 0 Å². The molecule has 0 spiro atoms. The molecule has 0 bridgehead atoms. The van der Waals surface area contributed by atoms with Crippen LogP contribution in [0.4, 0.5) is 5.69 Å². The van der Waals surface area contributed by atoms with Gasteiger partial charge < -0.3 is 5.73 Å². The summed E-state index contributed by atoms with van der Waals surface area (Å²) in [7, 11) is 0. The van der Waals surface area contributed by atoms with Crippen LogP contribution in [0.25, 0.3) is 22.6 Å². The highest BCUT2D eigenvalue weighted by Gasteiger charge is 2.19. The van der Waals surface area contributed by atoms with Gasteiger partial charge in [-0.2, -0.15) is 0 Å². The Bertz CT molecular complexity index is 1210. The quantitative estimate of drug-likeness (QED) is 0.418. The summed E-state index contributed by atoms with van der Waals surface area (Å²) >= 11 is 3.60. The molecule has 0 fully saturated rings. The zero-order valence-corrected chi connectivity index (χ0v) is 18.6. The maximum atomic E-state index is 5.79. The van der Waals surface area contributed by atoms with Crippen LogP contribution in [0.15, 0.2) is 77.5 Å². The van der Waals surface area contributed by atoms with E-state index in [1.807, 2.05) is 54.9 Å². The molecule has 1 aliphatic rings. The average Bonchev–Trinajstić information content (AvgIpc) is 2.80. The van der Waals surface area contributed by atoms with Crippen LogP contribution in [0, 0.1) is 0 Å². The van der Waals surface area contributed by atoms with E-state index in [9.17, 15) is 0 Å². The van der Waals surface area contributed by atoms with Crippen molar-refractivity contribution in [2.24, 2.45) is 0 Å². The fourth-order valence-electron chi connectivity index (χ4n) is 3.89. The van der Waals surface area contributed by atoms with Gasteiger partial charge in [0, 0.05) is 65.3 Å². The van der Waals surface area contributed by atoms with Gasteiger partial charge in [-0.25, -0.2) is 9.97 Å². The molecule has 0 atom stereocenters. The van der Waals surface area contributed by atoms with E-state index in [1.54, 1.807) is 0 Å². The first-order chi connectivity index (χ1) is 15.2. The molecule has 5 nitrogen and oxygen atoms in total. The summed E-state index contributed by atoms with van der Waals surface area (Å²) in [5, 5.41) is 0. The molecule has 154 valence electrons. The number of nitrogens with zero attached hydrogens (tertiary/aromatic N) is 4. The predicted octanol–water partition coefficient (Wildman–Crippen LogP) is 5.11. The topological polar surface area (TPSA) is 67.9 Å². The molecule has 31 heavy (non-hydrogen) atoms. The van der Waals surface area contributed by atoms with Crippen molar-refractivity contribution in [2.75, 3.05) is 12.3 Å². The molecular weight excluding hydrogens is 450 g/mol. The Kier molecular flexibility index (Phi) is 5.49. The highest BCUT2D eigenvalue weighted by atomic mass is 79.9. The standard InChI is InChI=1S/C25H22BrN5/c26-22-4-2-1-3-21(22)24-10-5-17(13-28-24)15-31-12-11-23-19(16-31)14-29-25(30-23)18-6-8-20(27)9-7-18/h1-10,13-14H,11-12,15-16,27H2. The van der Waals surface area contributed by atoms with E-state index >= 15 is 0 Å². The highest BCUT2D eigenvalue weighted by molar-refractivity contribution is 9.10. The van der Waals surface area contributed by atoms with Gasteiger partial charge in [-0.3, -0.25) is 9.88 Å². The van der Waals surface area contributed by atoms with E-state index in [1.165, 1.54) is 11.1 Å². The second kappa shape index (κ2) is 8.57. The number of hydrogen-bond acceptors (Lipinski definition) is 5. The molecule has 2 aromatic carbocycles. The van der Waals surface area contributed by atoms with Gasteiger partial charge in [-0.1, -0.05) is 40.2 Å². The van der Waals surface area contributed by atoms with Crippen LogP contribution < -0.4 is 5.73 Å². The number of halogens is 1. The molecule has 0 amide bonds. The van der Waals surface area contributed by atoms with Crippen molar-refractivity contribution < 1.29 is 0 Å². The SMILES string of the molecule is Nc1ccc(-c2ncc3c(n2)CCN(Cc2ccc(-c4ccccc4Br)nc2)C3)cc1. The number of aromatic nitrogens is 3. The van der Waals surface area contributed by atoms with Crippen LogP contribution in [0.1, 0.15) is 16.8 Å². The van der Waals surface area contributed by atoms with Crippen molar-refractivity contribution in [1.82, 2.24) is 19.9 Å². The van der Waals surface area contributed by atoms with Crippen LogP contribution >= 0.6 is 15.9 Å². The summed E-state index contributed by atoms with van der Waals surface area (Å²) in [5.74, 6) is 0.763. The zero-order chi connectivity index (χ0) is 21.2. The third-order valence-corrected chi connectivity index (χ3v) is 6.25. The first-order valence-electron chi connectivity index (χ1n) is 10.3. The lowest BCUT2D eigenvalue weighted by Crippen LogP contribution is -2.31. The number of nitrogens with two attached hydrogens (primary N) is 1. The number of pyridine rings is 1. The molecule has 0 unspecified atom stereocenters. The number of nitrogen functional groups attached to an aromatic ring is 1. The van der Waals surface area contributed by atoms with Gasteiger partial charge in [0.05, 0.1) is 11.4 Å². The Morgan fingerprint density at radius 3 is 2.55 bits per heavy atom. The van der Waals surface area contributed by atoms with Gasteiger partial charge in [-0.15, -0.1) is 0 Å². The van der Waals surface area contributed by atoms with Gasteiger partial charge in [0.2, 0.25) is 0 Å². The molecule has 6 heteroatoms. The van der Waals surface area contributed by atoms with Crippen molar-refractivity contribution >= 4 is 21.6 Å². The Labute approximate surface area is 190 Å². The summed E-state index contributed by atoms with van der Waals surface area (Å²) < 4.78 is 1.06. The lowest BCUT2D eigenvalue weighted by Gasteiger charge is -2.28. The third kappa shape index (κ3) is 4.36. The molecule has 0 aliphatic carbocycles. The van der Waals surface area contributed by atoms with E-state index in [-0.39, 0.29) is 0 Å². The van der Waals surface area contributed by atoms with Gasteiger partial charge in [0.15, 0.2) is 5.82 Å². The summed E-state index contributed by atoms with van der Waals surface area (Å²) in [6, 6.07) is 20.1. The normalized spacial score (nSPS) is 13.7. The molecule has 3 heterocycles. The fraction of sp³-hybridized carbons (Fsp3) is 0.160. The second-order valence-corrected chi connectivity index (χ2v) is 8.63. The van der Waals surface area contributed by atoms with Crippen molar-refractivity contribution in [3.8, 4) is 22.6 Å². The molecule has 0 saturated carbocycles. The van der Waals surface area contributed by atoms with Crippen LogP contribution in [0.5, 0.6) is 0 Å². The van der Waals surface area contributed by atoms with Gasteiger partial charge in [-0.05, 0) is 42.0 Å². The monoisotopic (exact) mass is 471 g/mol. The minimum atomic E-state index is 0.747. The van der Waals surface area contributed by atoms with Crippen LogP contribution in [-0.2, 0) is 19.5 Å². The maximum absolute atomic E-state index is 5.79. The molecule has 4 aromatic rings. The van der Waals surface area contributed by atoms with Gasteiger partial charge in [0.25, 0.3) is 0 Å². The van der Waals surface area contributed by atoms with E-state index in [4.69, 9.17) is 10.7 Å². The van der Waals surface area contributed by atoms with Crippen LogP contribution in [0.2, 0.25) is 0 Å². The zero-order valence-electron chi connectivity index (χ0n) is 17.0. The number of rotatable bonds is 4. The summed E-state index contributed by atoms with van der Waals surface area (Å²) in [6.45, 7) is 2.68. The minimum absolute atomic E-state index is 0.747. The average molecular weight is 472 g/mol. The Balaban J connectivity index is 1.28. The van der Waals surface area contributed by atoms with E-state index < -0.39 is 0 Å². The summed E-state index contributed by atoms with van der Waals surface area (Å²) in [4.78, 5) is 16.5. The van der Waals surface area contributed by atoms with E-state index in [2.05, 4.69) is 49.0 Å². The number of fused-ring (bicyclic) bond motifs is 1. The first-order valence-corrected chi connectivity index (χ1v) is 11.1. The second-order valence-electron chi connectivity index (χ2n) is 7.78. The molecule has 2 aromatic heterocycles. The lowest BCUT2D eigenvalue weighted by atomic mass is 10.1. The summed E-state index contributed by atoms with van der Waals surface area (Å²) in [5.41, 5.74) is 13.2. The van der Waals surface area contributed by atoms with Crippen molar-refractivity contribution in [3.05, 3.63) is 94.4 Å². The summed E-state index contributed by atoms with van der Waals surface area (Å²) in [6.07, 6.45) is 4.86. The van der Waals surface area contributed by atoms with E-state index in [0.717, 1.165) is 64.6 Å². The fourth-order valence-corrected chi connectivity index (χ4v) is 4.37. The van der Waals surface area contributed by atoms with Crippen molar-refractivity contribution in [3.63, 3.8) is 0 Å². The van der Waals surface area contributed by atoms with Crippen LogP contribution in [0.3, 0.4) is 0 Å². The molecular formula is C25H22BrN5. The van der Waals surface area contributed by atoms with Crippen molar-refractivity contribution in [2.45, 2.75) is 19.5 Å². The van der Waals surface area contributed by atoms with Gasteiger partial charge >= 0.3 is 0 Å². The molecule has 0 saturated heterocycles. The molecule has 1 aliphatic heterocycles. The van der Waals surface area contributed by atoms with E-state index in [0.29, 0.717) is 0 Å². The number of hydrogen-bond donors (Lipinski definition) is 1. The smallest absolute Gasteiger partial charge is 0.159 e. The first kappa shape index (κ1) is 19.8.